The second kappa shape index (κ2) is 6.08. The molecule has 0 aromatic carbocycles. The third-order valence-corrected chi connectivity index (χ3v) is 2.21. The zero-order valence-corrected chi connectivity index (χ0v) is 10.8. The molecule has 0 unspecified atom stereocenters. The minimum Gasteiger partial charge on any atom is -0.373 e. The highest BCUT2D eigenvalue weighted by atomic mass is 16.2. The van der Waals surface area contributed by atoms with Gasteiger partial charge in [0.05, 0.1) is 6.54 Å². The fourth-order valence-electron chi connectivity index (χ4n) is 1.44. The van der Waals surface area contributed by atoms with E-state index in [0.29, 0.717) is 6.54 Å². The van der Waals surface area contributed by atoms with Crippen LogP contribution in [0.15, 0.2) is 18.2 Å². The van der Waals surface area contributed by atoms with Crippen molar-refractivity contribution in [3.63, 3.8) is 0 Å². The summed E-state index contributed by atoms with van der Waals surface area (Å²) in [6, 6.07) is 5.83. The Morgan fingerprint density at radius 2 is 2.18 bits per heavy atom. The first kappa shape index (κ1) is 13.3. The van der Waals surface area contributed by atoms with Crippen LogP contribution in [0.4, 0.5) is 11.6 Å². The topological polar surface area (TPSA) is 57.3 Å². The van der Waals surface area contributed by atoms with E-state index in [4.69, 9.17) is 0 Å². The predicted octanol–water partition coefficient (Wildman–Crippen LogP) is 1.08. The molecule has 1 aromatic heterocycles. The van der Waals surface area contributed by atoms with Gasteiger partial charge in [-0.15, -0.1) is 0 Å². The maximum atomic E-state index is 11.6. The fourth-order valence-corrected chi connectivity index (χ4v) is 1.44. The van der Waals surface area contributed by atoms with E-state index in [2.05, 4.69) is 15.6 Å². The number of carbonyl (C=O) groups excluding carboxylic acids is 1. The second-order valence-corrected chi connectivity index (χ2v) is 4.21. The molecule has 1 aromatic rings. The van der Waals surface area contributed by atoms with Gasteiger partial charge in [0, 0.05) is 20.1 Å². The van der Waals surface area contributed by atoms with Crippen molar-refractivity contribution in [2.45, 2.75) is 19.9 Å². The van der Waals surface area contributed by atoms with Gasteiger partial charge in [0.2, 0.25) is 5.91 Å². The van der Waals surface area contributed by atoms with Gasteiger partial charge in [-0.2, -0.15) is 0 Å². The summed E-state index contributed by atoms with van der Waals surface area (Å²) < 4.78 is 0. The molecule has 0 fully saturated rings. The van der Waals surface area contributed by atoms with Crippen molar-refractivity contribution in [2.24, 2.45) is 0 Å². The third kappa shape index (κ3) is 4.30. The van der Waals surface area contributed by atoms with Crippen molar-refractivity contribution >= 4 is 17.5 Å². The number of nitrogens with zero attached hydrogens (tertiary/aromatic N) is 2. The number of hydrogen-bond acceptors (Lipinski definition) is 4. The molecule has 0 spiro atoms. The van der Waals surface area contributed by atoms with E-state index < -0.39 is 0 Å². The SMILES string of the molecule is CNc1cccc(N(C)CC(=O)NC(C)C)n1. The molecule has 94 valence electrons. The van der Waals surface area contributed by atoms with Crippen LogP contribution in [-0.4, -0.2) is 37.6 Å². The zero-order chi connectivity index (χ0) is 12.8. The number of hydrogen-bond donors (Lipinski definition) is 2. The van der Waals surface area contributed by atoms with Gasteiger partial charge >= 0.3 is 0 Å². The highest BCUT2D eigenvalue weighted by molar-refractivity contribution is 5.81. The van der Waals surface area contributed by atoms with Gasteiger partial charge < -0.3 is 15.5 Å². The Kier molecular flexibility index (Phi) is 4.75. The molecular formula is C12H20N4O. The van der Waals surface area contributed by atoms with E-state index in [9.17, 15) is 4.79 Å². The van der Waals surface area contributed by atoms with Crippen molar-refractivity contribution in [1.29, 1.82) is 0 Å². The first-order chi connectivity index (χ1) is 8.02. The lowest BCUT2D eigenvalue weighted by molar-refractivity contribution is -0.120. The number of anilines is 2. The molecule has 0 radical (unpaired) electrons. The molecule has 1 heterocycles. The van der Waals surface area contributed by atoms with Crippen LogP contribution in [0.25, 0.3) is 0 Å². The zero-order valence-electron chi connectivity index (χ0n) is 10.8. The first-order valence-corrected chi connectivity index (χ1v) is 5.68. The molecule has 0 aliphatic rings. The molecule has 1 rings (SSSR count). The van der Waals surface area contributed by atoms with Gasteiger partial charge in [0.1, 0.15) is 11.6 Å². The highest BCUT2D eigenvalue weighted by Crippen LogP contribution is 2.11. The monoisotopic (exact) mass is 236 g/mol. The van der Waals surface area contributed by atoms with E-state index in [1.165, 1.54) is 0 Å². The molecular weight excluding hydrogens is 216 g/mol. The maximum absolute atomic E-state index is 11.6. The van der Waals surface area contributed by atoms with Gasteiger partial charge in [-0.3, -0.25) is 4.79 Å². The van der Waals surface area contributed by atoms with E-state index in [1.54, 1.807) is 0 Å². The number of rotatable bonds is 5. The van der Waals surface area contributed by atoms with Crippen LogP contribution in [0.1, 0.15) is 13.8 Å². The lowest BCUT2D eigenvalue weighted by Crippen LogP contribution is -2.38. The van der Waals surface area contributed by atoms with E-state index >= 15 is 0 Å². The van der Waals surface area contributed by atoms with Crippen molar-refractivity contribution < 1.29 is 4.79 Å². The summed E-state index contributed by atoms with van der Waals surface area (Å²) in [6.45, 7) is 4.19. The van der Waals surface area contributed by atoms with Crippen molar-refractivity contribution in [1.82, 2.24) is 10.3 Å². The van der Waals surface area contributed by atoms with Gasteiger partial charge in [0.25, 0.3) is 0 Å². The number of likely N-dealkylation sites (N-methyl/N-ethyl adjacent to an activating group) is 1. The average molecular weight is 236 g/mol. The van der Waals surface area contributed by atoms with Crippen LogP contribution in [-0.2, 0) is 4.79 Å². The second-order valence-electron chi connectivity index (χ2n) is 4.21. The number of pyridine rings is 1. The standard InChI is InChI=1S/C12H20N4O/c1-9(2)14-12(17)8-16(4)11-7-5-6-10(13-3)15-11/h5-7,9H,8H2,1-4H3,(H,13,15)(H,14,17). The molecule has 2 N–H and O–H groups in total. The van der Waals surface area contributed by atoms with Gasteiger partial charge in [0.15, 0.2) is 0 Å². The molecule has 0 bridgehead atoms. The van der Waals surface area contributed by atoms with Crippen LogP contribution in [0.3, 0.4) is 0 Å². The number of aromatic nitrogens is 1. The quantitative estimate of drug-likeness (QED) is 0.803. The summed E-state index contributed by atoms with van der Waals surface area (Å²) in [5.41, 5.74) is 0. The molecule has 0 saturated heterocycles. The van der Waals surface area contributed by atoms with Gasteiger partial charge in [-0.1, -0.05) is 6.07 Å². The highest BCUT2D eigenvalue weighted by Gasteiger charge is 2.09. The molecule has 0 aliphatic carbocycles. The predicted molar refractivity (Wildman–Crippen MR) is 70.3 cm³/mol. The Labute approximate surface area is 102 Å². The smallest absolute Gasteiger partial charge is 0.239 e. The van der Waals surface area contributed by atoms with E-state index in [1.807, 2.05) is 51.0 Å². The molecule has 0 atom stereocenters. The Morgan fingerprint density at radius 1 is 1.47 bits per heavy atom. The van der Waals surface area contributed by atoms with Gasteiger partial charge in [-0.25, -0.2) is 4.98 Å². The Hall–Kier alpha value is -1.78. The molecule has 0 aliphatic heterocycles. The summed E-state index contributed by atoms with van der Waals surface area (Å²) in [4.78, 5) is 17.8. The van der Waals surface area contributed by atoms with Crippen LogP contribution in [0.5, 0.6) is 0 Å². The normalized spacial score (nSPS) is 10.2. The van der Waals surface area contributed by atoms with Crippen molar-refractivity contribution in [3.8, 4) is 0 Å². The molecule has 0 saturated carbocycles. The summed E-state index contributed by atoms with van der Waals surface area (Å²) >= 11 is 0. The van der Waals surface area contributed by atoms with Crippen LogP contribution >= 0.6 is 0 Å². The van der Waals surface area contributed by atoms with Crippen molar-refractivity contribution in [2.75, 3.05) is 30.9 Å². The molecule has 5 heteroatoms. The summed E-state index contributed by atoms with van der Waals surface area (Å²) in [6.07, 6.45) is 0. The first-order valence-electron chi connectivity index (χ1n) is 5.68. The van der Waals surface area contributed by atoms with E-state index in [0.717, 1.165) is 11.6 Å². The Balaban J connectivity index is 2.62. The summed E-state index contributed by atoms with van der Waals surface area (Å²) in [5.74, 6) is 1.56. The van der Waals surface area contributed by atoms with Crippen LogP contribution < -0.4 is 15.5 Å². The number of carbonyl (C=O) groups is 1. The number of nitrogens with one attached hydrogen (secondary N) is 2. The number of amides is 1. The summed E-state index contributed by atoms with van der Waals surface area (Å²) in [5, 5.41) is 5.82. The van der Waals surface area contributed by atoms with E-state index in [-0.39, 0.29) is 11.9 Å². The minimum absolute atomic E-state index is 0.000777. The Morgan fingerprint density at radius 3 is 2.76 bits per heavy atom. The van der Waals surface area contributed by atoms with Crippen LogP contribution in [0.2, 0.25) is 0 Å². The third-order valence-electron chi connectivity index (χ3n) is 2.21. The lowest BCUT2D eigenvalue weighted by Gasteiger charge is -2.19. The van der Waals surface area contributed by atoms with Crippen LogP contribution in [0, 0.1) is 0 Å². The average Bonchev–Trinajstić information content (AvgIpc) is 2.27. The maximum Gasteiger partial charge on any atom is 0.239 e. The lowest BCUT2D eigenvalue weighted by atomic mass is 10.3. The van der Waals surface area contributed by atoms with Gasteiger partial charge in [-0.05, 0) is 26.0 Å². The molecule has 5 nitrogen and oxygen atoms in total. The Bertz CT molecular complexity index is 379. The summed E-state index contributed by atoms with van der Waals surface area (Å²) in [7, 11) is 3.67. The molecule has 17 heavy (non-hydrogen) atoms. The fraction of sp³-hybridized carbons (Fsp3) is 0.500. The molecule has 1 amide bonds. The van der Waals surface area contributed by atoms with Crippen molar-refractivity contribution in [3.05, 3.63) is 18.2 Å². The minimum atomic E-state index is -0.000777. The largest absolute Gasteiger partial charge is 0.373 e.